The van der Waals surface area contributed by atoms with Crippen molar-refractivity contribution in [1.29, 1.82) is 0 Å². The third-order valence-corrected chi connectivity index (χ3v) is 5.55. The summed E-state index contributed by atoms with van der Waals surface area (Å²) in [7, 11) is 0. The minimum Gasteiger partial charge on any atom is -0.361 e. The average Bonchev–Trinajstić information content (AvgIpc) is 3.27. The van der Waals surface area contributed by atoms with E-state index in [1.165, 1.54) is 24.3 Å². The molecule has 3 aromatic carbocycles. The second-order valence-corrected chi connectivity index (χ2v) is 7.96. The van der Waals surface area contributed by atoms with E-state index in [0.29, 0.717) is 5.69 Å². The Bertz CT molecular complexity index is 1330. The van der Waals surface area contributed by atoms with Crippen molar-refractivity contribution in [3.63, 3.8) is 0 Å². The molecule has 0 saturated carbocycles. The molecule has 4 rings (SSSR count). The molecule has 8 heteroatoms. The number of para-hydroxylation sites is 1. The Balaban J connectivity index is 1.57. The van der Waals surface area contributed by atoms with Crippen LogP contribution >= 0.6 is 0 Å². The Morgan fingerprint density at radius 1 is 0.882 bits per heavy atom. The molecular weight excluding hydrogens is 432 g/mol. The molecular formula is C26H24N4O4. The molecule has 4 aromatic rings. The van der Waals surface area contributed by atoms with Crippen molar-refractivity contribution in [3.8, 4) is 0 Å². The Morgan fingerprint density at radius 2 is 1.53 bits per heavy atom. The van der Waals surface area contributed by atoms with Gasteiger partial charge in [0.15, 0.2) is 0 Å². The molecule has 0 spiro atoms. The Labute approximate surface area is 196 Å². The lowest BCUT2D eigenvalue weighted by molar-refractivity contribution is -0.118. The van der Waals surface area contributed by atoms with Crippen molar-refractivity contribution in [3.05, 3.63) is 101 Å². The van der Waals surface area contributed by atoms with Crippen molar-refractivity contribution in [2.45, 2.75) is 19.4 Å². The lowest BCUT2D eigenvalue weighted by Crippen LogP contribution is -2.45. The van der Waals surface area contributed by atoms with Crippen molar-refractivity contribution < 1.29 is 19.6 Å². The fourth-order valence-electron chi connectivity index (χ4n) is 3.68. The highest BCUT2D eigenvalue weighted by molar-refractivity contribution is 6.02. The molecule has 5 N–H and O–H groups in total. The van der Waals surface area contributed by atoms with Gasteiger partial charge in [-0.15, -0.1) is 0 Å². The maximum atomic E-state index is 13.2. The zero-order valence-corrected chi connectivity index (χ0v) is 18.5. The number of hydrogen-bond donors (Lipinski definition) is 5. The van der Waals surface area contributed by atoms with Gasteiger partial charge in [0, 0.05) is 40.3 Å². The number of nitrogens with one attached hydrogen (secondary N) is 4. The third kappa shape index (κ3) is 5.13. The first kappa shape index (κ1) is 22.8. The number of amides is 3. The number of rotatable bonds is 7. The van der Waals surface area contributed by atoms with Crippen LogP contribution in [0.1, 0.15) is 31.8 Å². The zero-order chi connectivity index (χ0) is 24.1. The molecule has 0 aliphatic heterocycles. The summed E-state index contributed by atoms with van der Waals surface area (Å²) in [6, 6.07) is 20.1. The largest absolute Gasteiger partial charge is 0.361 e. The molecule has 34 heavy (non-hydrogen) atoms. The number of hydroxylamine groups is 1. The summed E-state index contributed by atoms with van der Waals surface area (Å²) in [4.78, 5) is 40.9. The molecule has 1 aromatic heterocycles. The number of aryl methyl sites for hydroxylation is 1. The lowest BCUT2D eigenvalue weighted by Gasteiger charge is -2.19. The highest BCUT2D eigenvalue weighted by atomic mass is 16.5. The predicted octanol–water partition coefficient (Wildman–Crippen LogP) is 3.58. The summed E-state index contributed by atoms with van der Waals surface area (Å²) in [5, 5.41) is 15.4. The SMILES string of the molecule is Cc1ccc(NC(=O)[C@H](Cc2c[nH]c3ccccc23)NC(=O)c2ccc(C(=O)NO)cc2)cc1. The molecule has 0 fully saturated rings. The maximum absolute atomic E-state index is 13.2. The molecule has 0 saturated heterocycles. The van der Waals surface area contributed by atoms with Gasteiger partial charge in [0.05, 0.1) is 0 Å². The van der Waals surface area contributed by atoms with Gasteiger partial charge in [-0.2, -0.15) is 0 Å². The van der Waals surface area contributed by atoms with Gasteiger partial charge in [-0.05, 0) is 55.0 Å². The van der Waals surface area contributed by atoms with Crippen molar-refractivity contribution in [1.82, 2.24) is 15.8 Å². The van der Waals surface area contributed by atoms with Crippen molar-refractivity contribution in [2.24, 2.45) is 0 Å². The van der Waals surface area contributed by atoms with Crippen LogP contribution in [0.5, 0.6) is 0 Å². The number of aromatic nitrogens is 1. The van der Waals surface area contributed by atoms with Crippen LogP contribution in [0, 0.1) is 6.92 Å². The quantitative estimate of drug-likeness (QED) is 0.215. The van der Waals surface area contributed by atoms with E-state index in [1.54, 1.807) is 5.48 Å². The highest BCUT2D eigenvalue weighted by Crippen LogP contribution is 2.20. The topological polar surface area (TPSA) is 123 Å². The first-order valence-corrected chi connectivity index (χ1v) is 10.7. The van der Waals surface area contributed by atoms with Crippen LogP contribution in [0.15, 0.2) is 79.0 Å². The summed E-state index contributed by atoms with van der Waals surface area (Å²) in [6.07, 6.45) is 2.11. The molecule has 0 bridgehead atoms. The van der Waals surface area contributed by atoms with Crippen LogP contribution in [0.3, 0.4) is 0 Å². The Hall–Kier alpha value is -4.43. The van der Waals surface area contributed by atoms with Gasteiger partial charge in [0.25, 0.3) is 11.8 Å². The Morgan fingerprint density at radius 3 is 2.21 bits per heavy atom. The summed E-state index contributed by atoms with van der Waals surface area (Å²) in [5.74, 6) is -1.49. The number of carbonyl (C=O) groups is 3. The molecule has 0 aliphatic carbocycles. The average molecular weight is 457 g/mol. The number of benzene rings is 3. The first-order valence-electron chi connectivity index (χ1n) is 10.7. The van der Waals surface area contributed by atoms with Gasteiger partial charge in [-0.1, -0.05) is 35.9 Å². The number of hydrogen-bond acceptors (Lipinski definition) is 4. The van der Waals surface area contributed by atoms with Gasteiger partial charge < -0.3 is 15.6 Å². The highest BCUT2D eigenvalue weighted by Gasteiger charge is 2.23. The fourth-order valence-corrected chi connectivity index (χ4v) is 3.68. The molecule has 172 valence electrons. The molecule has 3 amide bonds. The van der Waals surface area contributed by atoms with E-state index in [2.05, 4.69) is 15.6 Å². The zero-order valence-electron chi connectivity index (χ0n) is 18.5. The monoisotopic (exact) mass is 456 g/mol. The predicted molar refractivity (Wildman–Crippen MR) is 129 cm³/mol. The first-order chi connectivity index (χ1) is 16.4. The van der Waals surface area contributed by atoms with Crippen LogP contribution in [0.25, 0.3) is 10.9 Å². The molecule has 0 unspecified atom stereocenters. The summed E-state index contributed by atoms with van der Waals surface area (Å²) in [5.41, 5.74) is 5.57. The van der Waals surface area contributed by atoms with Crippen LogP contribution in [-0.2, 0) is 11.2 Å². The second-order valence-electron chi connectivity index (χ2n) is 7.96. The number of aromatic amines is 1. The summed E-state index contributed by atoms with van der Waals surface area (Å²) >= 11 is 0. The number of fused-ring (bicyclic) bond motifs is 1. The minimum absolute atomic E-state index is 0.200. The van der Waals surface area contributed by atoms with Crippen LogP contribution in [0.2, 0.25) is 0 Å². The number of H-pyrrole nitrogens is 1. The lowest BCUT2D eigenvalue weighted by atomic mass is 10.0. The fraction of sp³-hybridized carbons (Fsp3) is 0.115. The van der Waals surface area contributed by atoms with Crippen LogP contribution in [-0.4, -0.2) is 34.0 Å². The van der Waals surface area contributed by atoms with Crippen molar-refractivity contribution >= 4 is 34.3 Å². The van der Waals surface area contributed by atoms with Crippen molar-refractivity contribution in [2.75, 3.05) is 5.32 Å². The standard InChI is InChI=1S/C26H24N4O4/c1-16-6-12-20(13-7-16)28-26(33)23(14-19-15-27-22-5-3-2-4-21(19)22)29-24(31)17-8-10-18(11-9-17)25(32)30-34/h2-13,15,23,27,34H,14H2,1H3,(H,28,33)(H,29,31)(H,30,32)/t23-/m0/s1. The van der Waals surface area contributed by atoms with E-state index in [-0.39, 0.29) is 23.5 Å². The number of carbonyl (C=O) groups excluding carboxylic acids is 3. The van der Waals surface area contributed by atoms with E-state index in [1.807, 2.05) is 61.7 Å². The molecule has 1 atom stereocenters. The Kier molecular flexibility index (Phi) is 6.70. The van der Waals surface area contributed by atoms with E-state index in [4.69, 9.17) is 5.21 Å². The van der Waals surface area contributed by atoms with Gasteiger partial charge in [0.2, 0.25) is 5.91 Å². The summed E-state index contributed by atoms with van der Waals surface area (Å²) < 4.78 is 0. The summed E-state index contributed by atoms with van der Waals surface area (Å²) in [6.45, 7) is 1.96. The minimum atomic E-state index is -0.853. The third-order valence-electron chi connectivity index (χ3n) is 5.55. The normalized spacial score (nSPS) is 11.6. The molecule has 1 heterocycles. The van der Waals surface area contributed by atoms with Gasteiger partial charge in [-0.25, -0.2) is 5.48 Å². The molecule has 0 aliphatic rings. The smallest absolute Gasteiger partial charge is 0.274 e. The van der Waals surface area contributed by atoms with Gasteiger partial charge in [0.1, 0.15) is 6.04 Å². The molecule has 8 nitrogen and oxygen atoms in total. The van der Waals surface area contributed by atoms with E-state index in [0.717, 1.165) is 22.0 Å². The van der Waals surface area contributed by atoms with Gasteiger partial charge in [-0.3, -0.25) is 19.6 Å². The molecule has 0 radical (unpaired) electrons. The number of anilines is 1. The van der Waals surface area contributed by atoms with E-state index < -0.39 is 17.9 Å². The van der Waals surface area contributed by atoms with E-state index >= 15 is 0 Å². The second kappa shape index (κ2) is 10.0. The van der Waals surface area contributed by atoms with Gasteiger partial charge >= 0.3 is 0 Å². The maximum Gasteiger partial charge on any atom is 0.274 e. The van der Waals surface area contributed by atoms with E-state index in [9.17, 15) is 14.4 Å². The van der Waals surface area contributed by atoms with Crippen LogP contribution in [0.4, 0.5) is 5.69 Å². The van der Waals surface area contributed by atoms with Crippen LogP contribution < -0.4 is 16.1 Å².